The van der Waals surface area contributed by atoms with Crippen LogP contribution in [0.1, 0.15) is 30.5 Å². The molecule has 0 radical (unpaired) electrons. The Morgan fingerprint density at radius 2 is 1.74 bits per heavy atom. The molecular weight excluding hydrogens is 403 g/mol. The maximum absolute atomic E-state index is 12.3. The van der Waals surface area contributed by atoms with Gasteiger partial charge in [-0.25, -0.2) is 0 Å². The van der Waals surface area contributed by atoms with Gasteiger partial charge in [-0.05, 0) is 47.2 Å². The van der Waals surface area contributed by atoms with Crippen LogP contribution in [0.15, 0.2) is 48.5 Å². The van der Waals surface area contributed by atoms with Gasteiger partial charge in [0.1, 0.15) is 0 Å². The Bertz CT molecular complexity index is 698. The van der Waals surface area contributed by atoms with Crippen LogP contribution in [-0.4, -0.2) is 11.8 Å². The minimum absolute atomic E-state index is 0.131. The molecule has 2 N–H and O–H groups in total. The lowest BCUT2D eigenvalue weighted by molar-refractivity contribution is -0.120. The van der Waals surface area contributed by atoms with Gasteiger partial charge >= 0.3 is 0 Å². The zero-order valence-corrected chi connectivity index (χ0v) is 15.3. The molecule has 2 rings (SSSR count). The van der Waals surface area contributed by atoms with Gasteiger partial charge < -0.3 is 10.6 Å². The highest BCUT2D eigenvalue weighted by Gasteiger charge is 2.17. The minimum atomic E-state index is -0.338. The summed E-state index contributed by atoms with van der Waals surface area (Å²) in [5.74, 6) is -0.286. The summed E-state index contributed by atoms with van der Waals surface area (Å²) in [6, 6.07) is 15.1. The predicted molar refractivity (Wildman–Crippen MR) is 100 cm³/mol. The first-order valence-electron chi connectivity index (χ1n) is 7.34. The van der Waals surface area contributed by atoms with Gasteiger partial charge in [-0.15, -0.1) is 0 Å². The molecule has 0 saturated carbocycles. The molecule has 120 valence electrons. The normalized spacial score (nSPS) is 11.6. The molecule has 0 heterocycles. The second-order valence-electron chi connectivity index (χ2n) is 5.40. The number of hydrogen-bond donors (Lipinski definition) is 2. The molecule has 0 saturated heterocycles. The topological polar surface area (TPSA) is 58.2 Å². The SMILES string of the molecule is CC(=O)NC(CC(=O)Nc1ccccc1I)c1ccc(C)cc1. The van der Waals surface area contributed by atoms with Crippen LogP contribution in [-0.2, 0) is 9.59 Å². The van der Waals surface area contributed by atoms with Crippen molar-refractivity contribution in [2.75, 3.05) is 5.32 Å². The largest absolute Gasteiger partial charge is 0.349 e. The summed E-state index contributed by atoms with van der Waals surface area (Å²) in [5.41, 5.74) is 2.84. The molecule has 0 aliphatic heterocycles. The molecule has 0 bridgehead atoms. The van der Waals surface area contributed by atoms with E-state index in [1.807, 2.05) is 55.5 Å². The first-order chi connectivity index (χ1) is 11.0. The van der Waals surface area contributed by atoms with Crippen molar-refractivity contribution < 1.29 is 9.59 Å². The lowest BCUT2D eigenvalue weighted by Crippen LogP contribution is -2.29. The van der Waals surface area contributed by atoms with Gasteiger partial charge in [0, 0.05) is 10.5 Å². The van der Waals surface area contributed by atoms with Crippen LogP contribution in [0.2, 0.25) is 0 Å². The van der Waals surface area contributed by atoms with Crippen molar-refractivity contribution in [3.05, 3.63) is 63.2 Å². The Morgan fingerprint density at radius 3 is 2.35 bits per heavy atom. The zero-order chi connectivity index (χ0) is 16.8. The number of carbonyl (C=O) groups excluding carboxylic acids is 2. The number of anilines is 1. The lowest BCUT2D eigenvalue weighted by atomic mass is 10.0. The third kappa shape index (κ3) is 5.35. The van der Waals surface area contributed by atoms with Crippen LogP contribution in [0.3, 0.4) is 0 Å². The standard InChI is InChI=1S/C18H19IN2O2/c1-12-7-9-14(10-8-12)17(20-13(2)22)11-18(23)21-16-6-4-3-5-15(16)19/h3-10,17H,11H2,1-2H3,(H,20,22)(H,21,23). The van der Waals surface area contributed by atoms with E-state index in [9.17, 15) is 9.59 Å². The van der Waals surface area contributed by atoms with E-state index in [2.05, 4.69) is 33.2 Å². The first-order valence-corrected chi connectivity index (χ1v) is 8.41. The summed E-state index contributed by atoms with van der Waals surface area (Å²) in [7, 11) is 0. The Morgan fingerprint density at radius 1 is 1.09 bits per heavy atom. The minimum Gasteiger partial charge on any atom is -0.349 e. The average molecular weight is 422 g/mol. The molecule has 5 heteroatoms. The number of halogens is 1. The number of amides is 2. The summed E-state index contributed by atoms with van der Waals surface area (Å²) in [6.45, 7) is 3.46. The van der Waals surface area contributed by atoms with Gasteiger partial charge in [0.2, 0.25) is 11.8 Å². The third-order valence-electron chi connectivity index (χ3n) is 3.39. The number of aryl methyl sites for hydroxylation is 1. The number of rotatable bonds is 5. The quantitative estimate of drug-likeness (QED) is 0.721. The number of nitrogens with one attached hydrogen (secondary N) is 2. The van der Waals surface area contributed by atoms with Gasteiger partial charge in [0.15, 0.2) is 0 Å². The molecule has 2 amide bonds. The first kappa shape index (κ1) is 17.5. The Balaban J connectivity index is 2.11. The summed E-state index contributed by atoms with van der Waals surface area (Å²) < 4.78 is 0.977. The van der Waals surface area contributed by atoms with E-state index in [1.54, 1.807) is 0 Å². The molecule has 1 atom stereocenters. The van der Waals surface area contributed by atoms with E-state index < -0.39 is 0 Å². The Labute approximate surface area is 149 Å². The number of carbonyl (C=O) groups is 2. The monoisotopic (exact) mass is 422 g/mol. The predicted octanol–water partition coefficient (Wildman–Crippen LogP) is 3.81. The third-order valence-corrected chi connectivity index (χ3v) is 4.34. The van der Waals surface area contributed by atoms with E-state index in [0.717, 1.165) is 20.4 Å². The molecule has 0 aromatic heterocycles. The summed E-state index contributed by atoms with van der Waals surface area (Å²) in [4.78, 5) is 23.8. The van der Waals surface area contributed by atoms with Gasteiger partial charge in [-0.2, -0.15) is 0 Å². The van der Waals surface area contributed by atoms with Gasteiger partial charge in [0.05, 0.1) is 18.2 Å². The maximum Gasteiger partial charge on any atom is 0.226 e. The van der Waals surface area contributed by atoms with Crippen LogP contribution in [0, 0.1) is 10.5 Å². The fourth-order valence-corrected chi connectivity index (χ4v) is 2.77. The number of para-hydroxylation sites is 1. The second-order valence-corrected chi connectivity index (χ2v) is 6.56. The van der Waals surface area contributed by atoms with Crippen molar-refractivity contribution in [1.29, 1.82) is 0 Å². The van der Waals surface area contributed by atoms with Crippen LogP contribution >= 0.6 is 22.6 Å². The van der Waals surface area contributed by atoms with Crippen LogP contribution in [0.25, 0.3) is 0 Å². The van der Waals surface area contributed by atoms with Crippen molar-refractivity contribution in [2.45, 2.75) is 26.3 Å². The molecule has 4 nitrogen and oxygen atoms in total. The molecule has 2 aromatic carbocycles. The van der Waals surface area contributed by atoms with Gasteiger partial charge in [0.25, 0.3) is 0 Å². The van der Waals surface area contributed by atoms with Crippen molar-refractivity contribution in [3.8, 4) is 0 Å². The van der Waals surface area contributed by atoms with Crippen LogP contribution in [0.4, 0.5) is 5.69 Å². The van der Waals surface area contributed by atoms with Gasteiger partial charge in [-0.1, -0.05) is 42.0 Å². The molecule has 0 aliphatic rings. The van der Waals surface area contributed by atoms with E-state index in [1.165, 1.54) is 6.92 Å². The van der Waals surface area contributed by atoms with E-state index >= 15 is 0 Å². The summed E-state index contributed by atoms with van der Waals surface area (Å²) in [6.07, 6.45) is 0.188. The molecule has 23 heavy (non-hydrogen) atoms. The Hall–Kier alpha value is -1.89. The van der Waals surface area contributed by atoms with Gasteiger partial charge in [-0.3, -0.25) is 9.59 Å². The molecule has 0 aliphatic carbocycles. The molecular formula is C18H19IN2O2. The maximum atomic E-state index is 12.3. The molecule has 0 fully saturated rings. The van der Waals surface area contributed by atoms with Crippen molar-refractivity contribution in [2.24, 2.45) is 0 Å². The average Bonchev–Trinajstić information content (AvgIpc) is 2.49. The van der Waals surface area contributed by atoms with E-state index in [4.69, 9.17) is 0 Å². The van der Waals surface area contributed by atoms with Crippen molar-refractivity contribution in [3.63, 3.8) is 0 Å². The van der Waals surface area contributed by atoms with Crippen LogP contribution in [0.5, 0.6) is 0 Å². The lowest BCUT2D eigenvalue weighted by Gasteiger charge is -2.18. The fourth-order valence-electron chi connectivity index (χ4n) is 2.25. The van der Waals surface area contributed by atoms with E-state index in [-0.39, 0.29) is 24.3 Å². The Kier molecular flexibility index (Phi) is 6.15. The molecule has 1 unspecified atom stereocenters. The zero-order valence-electron chi connectivity index (χ0n) is 13.1. The highest BCUT2D eigenvalue weighted by molar-refractivity contribution is 14.1. The van der Waals surface area contributed by atoms with E-state index in [0.29, 0.717) is 0 Å². The second kappa shape index (κ2) is 8.10. The summed E-state index contributed by atoms with van der Waals surface area (Å²) >= 11 is 2.18. The highest BCUT2D eigenvalue weighted by Crippen LogP contribution is 2.21. The number of hydrogen-bond acceptors (Lipinski definition) is 2. The van der Waals surface area contributed by atoms with Crippen LogP contribution < -0.4 is 10.6 Å². The van der Waals surface area contributed by atoms with Crippen molar-refractivity contribution >= 4 is 40.1 Å². The summed E-state index contributed by atoms with van der Waals surface area (Å²) in [5, 5.41) is 5.74. The fraction of sp³-hybridized carbons (Fsp3) is 0.222. The highest BCUT2D eigenvalue weighted by atomic mass is 127. The molecule has 2 aromatic rings. The smallest absolute Gasteiger partial charge is 0.226 e. The molecule has 0 spiro atoms. The number of benzene rings is 2. The van der Waals surface area contributed by atoms with Crippen molar-refractivity contribution in [1.82, 2.24) is 5.32 Å².